The monoisotopic (exact) mass is 235 g/mol. The van der Waals surface area contributed by atoms with E-state index in [0.717, 1.165) is 30.2 Å². The number of hydrogen-bond donors (Lipinski definition) is 1. The van der Waals surface area contributed by atoms with Crippen molar-refractivity contribution in [2.24, 2.45) is 0 Å². The lowest BCUT2D eigenvalue weighted by molar-refractivity contribution is 0.0328. The van der Waals surface area contributed by atoms with Crippen LogP contribution >= 0.6 is 0 Å². The molecule has 0 bridgehead atoms. The zero-order chi connectivity index (χ0) is 12.4. The molecule has 1 N–H and O–H groups in total. The molecule has 1 saturated carbocycles. The van der Waals surface area contributed by atoms with Crippen molar-refractivity contribution in [1.29, 1.82) is 0 Å². The maximum absolute atomic E-state index is 5.27. The average Bonchev–Trinajstić information content (AvgIpc) is 2.21. The van der Waals surface area contributed by atoms with E-state index in [1.807, 2.05) is 13.0 Å². The van der Waals surface area contributed by atoms with Crippen molar-refractivity contribution in [1.82, 2.24) is 9.97 Å². The first-order chi connectivity index (χ1) is 8.08. The Balaban J connectivity index is 2.01. The molecule has 0 radical (unpaired) electrons. The number of rotatable bonds is 4. The molecule has 2 rings (SSSR count). The SMILES string of the molecule is COC1CC(Nc2cc(C)nc(C(C)C)n2)C1. The molecule has 0 atom stereocenters. The van der Waals surface area contributed by atoms with E-state index < -0.39 is 0 Å². The van der Waals surface area contributed by atoms with Gasteiger partial charge in [-0.1, -0.05) is 13.8 Å². The van der Waals surface area contributed by atoms with Crippen molar-refractivity contribution < 1.29 is 4.74 Å². The quantitative estimate of drug-likeness (QED) is 0.871. The summed E-state index contributed by atoms with van der Waals surface area (Å²) in [5.41, 5.74) is 1.02. The molecule has 1 fully saturated rings. The van der Waals surface area contributed by atoms with Crippen molar-refractivity contribution in [3.63, 3.8) is 0 Å². The number of aryl methyl sites for hydroxylation is 1. The molecule has 0 saturated heterocycles. The highest BCUT2D eigenvalue weighted by Gasteiger charge is 2.29. The number of nitrogens with zero attached hydrogens (tertiary/aromatic N) is 2. The van der Waals surface area contributed by atoms with Crippen LogP contribution < -0.4 is 5.32 Å². The van der Waals surface area contributed by atoms with Crippen LogP contribution in [0.2, 0.25) is 0 Å². The lowest BCUT2D eigenvalue weighted by atomic mass is 9.89. The molecule has 0 aliphatic heterocycles. The summed E-state index contributed by atoms with van der Waals surface area (Å²) in [6.07, 6.45) is 2.55. The van der Waals surface area contributed by atoms with E-state index in [1.165, 1.54) is 0 Å². The predicted molar refractivity (Wildman–Crippen MR) is 68.3 cm³/mol. The number of nitrogens with one attached hydrogen (secondary N) is 1. The van der Waals surface area contributed by atoms with Gasteiger partial charge in [0.05, 0.1) is 6.10 Å². The Kier molecular flexibility index (Phi) is 3.62. The molecule has 1 heterocycles. The summed E-state index contributed by atoms with van der Waals surface area (Å²) < 4.78 is 5.27. The molecular weight excluding hydrogens is 214 g/mol. The lowest BCUT2D eigenvalue weighted by Crippen LogP contribution is -2.40. The lowest BCUT2D eigenvalue weighted by Gasteiger charge is -2.35. The second-order valence-corrected chi connectivity index (χ2v) is 5.08. The Morgan fingerprint density at radius 2 is 2.06 bits per heavy atom. The van der Waals surface area contributed by atoms with Crippen molar-refractivity contribution >= 4 is 5.82 Å². The molecule has 0 unspecified atom stereocenters. The van der Waals surface area contributed by atoms with E-state index in [-0.39, 0.29) is 0 Å². The van der Waals surface area contributed by atoms with Crippen LogP contribution in [0, 0.1) is 6.92 Å². The minimum absolute atomic E-state index is 0.364. The van der Waals surface area contributed by atoms with Crippen LogP contribution in [0.1, 0.15) is 44.1 Å². The molecule has 4 heteroatoms. The van der Waals surface area contributed by atoms with Crippen LogP contribution in [0.4, 0.5) is 5.82 Å². The van der Waals surface area contributed by atoms with Gasteiger partial charge in [0.2, 0.25) is 0 Å². The number of methoxy groups -OCH3 is 1. The van der Waals surface area contributed by atoms with E-state index >= 15 is 0 Å². The molecule has 1 aromatic heterocycles. The summed E-state index contributed by atoms with van der Waals surface area (Å²) in [5, 5.41) is 3.45. The van der Waals surface area contributed by atoms with Gasteiger partial charge < -0.3 is 10.1 Å². The Hall–Kier alpha value is -1.16. The van der Waals surface area contributed by atoms with E-state index in [1.54, 1.807) is 7.11 Å². The van der Waals surface area contributed by atoms with Crippen LogP contribution in [0.3, 0.4) is 0 Å². The van der Waals surface area contributed by atoms with E-state index in [2.05, 4.69) is 29.1 Å². The molecule has 4 nitrogen and oxygen atoms in total. The van der Waals surface area contributed by atoms with E-state index in [4.69, 9.17) is 4.74 Å². The Bertz CT molecular complexity index is 386. The fourth-order valence-corrected chi connectivity index (χ4v) is 2.01. The van der Waals surface area contributed by atoms with Gasteiger partial charge in [0.1, 0.15) is 11.6 Å². The van der Waals surface area contributed by atoms with Gasteiger partial charge in [-0.15, -0.1) is 0 Å². The highest BCUT2D eigenvalue weighted by Crippen LogP contribution is 2.26. The number of aromatic nitrogens is 2. The molecule has 1 aromatic rings. The number of ether oxygens (including phenoxy) is 1. The van der Waals surface area contributed by atoms with Crippen molar-refractivity contribution in [3.05, 3.63) is 17.6 Å². The highest BCUT2D eigenvalue weighted by molar-refractivity contribution is 5.38. The molecule has 0 amide bonds. The third-order valence-electron chi connectivity index (χ3n) is 3.17. The maximum Gasteiger partial charge on any atom is 0.133 e. The second-order valence-electron chi connectivity index (χ2n) is 5.08. The third-order valence-corrected chi connectivity index (χ3v) is 3.17. The van der Waals surface area contributed by atoms with Crippen LogP contribution in [-0.4, -0.2) is 29.2 Å². The molecular formula is C13H21N3O. The highest BCUT2D eigenvalue weighted by atomic mass is 16.5. The smallest absolute Gasteiger partial charge is 0.133 e. The zero-order valence-electron chi connectivity index (χ0n) is 11.0. The summed E-state index contributed by atoms with van der Waals surface area (Å²) in [7, 11) is 1.77. The van der Waals surface area contributed by atoms with Crippen molar-refractivity contribution in [3.8, 4) is 0 Å². The number of hydrogen-bond acceptors (Lipinski definition) is 4. The van der Waals surface area contributed by atoms with Gasteiger partial charge in [0.15, 0.2) is 0 Å². The minimum Gasteiger partial charge on any atom is -0.381 e. The maximum atomic E-state index is 5.27. The first-order valence-electron chi connectivity index (χ1n) is 6.23. The number of anilines is 1. The Labute approximate surface area is 103 Å². The molecule has 1 aliphatic rings. The average molecular weight is 235 g/mol. The largest absolute Gasteiger partial charge is 0.381 e. The van der Waals surface area contributed by atoms with E-state index in [9.17, 15) is 0 Å². The topological polar surface area (TPSA) is 47.0 Å². The van der Waals surface area contributed by atoms with Gasteiger partial charge in [-0.2, -0.15) is 0 Å². The van der Waals surface area contributed by atoms with Crippen LogP contribution in [-0.2, 0) is 4.74 Å². The van der Waals surface area contributed by atoms with Crippen molar-refractivity contribution in [2.45, 2.75) is 51.7 Å². The van der Waals surface area contributed by atoms with Gasteiger partial charge in [-0.3, -0.25) is 0 Å². The van der Waals surface area contributed by atoms with Gasteiger partial charge >= 0.3 is 0 Å². The van der Waals surface area contributed by atoms with Gasteiger partial charge in [0.25, 0.3) is 0 Å². The van der Waals surface area contributed by atoms with Gasteiger partial charge in [-0.05, 0) is 19.8 Å². The predicted octanol–water partition coefficient (Wildman–Crippen LogP) is 2.50. The summed E-state index contributed by atoms with van der Waals surface area (Å²) in [6, 6.07) is 2.50. The Morgan fingerprint density at radius 3 is 2.65 bits per heavy atom. The van der Waals surface area contributed by atoms with Gasteiger partial charge in [-0.25, -0.2) is 9.97 Å². The van der Waals surface area contributed by atoms with Crippen molar-refractivity contribution in [2.75, 3.05) is 12.4 Å². The second kappa shape index (κ2) is 5.00. The van der Waals surface area contributed by atoms with Crippen LogP contribution in [0.25, 0.3) is 0 Å². The summed E-state index contributed by atoms with van der Waals surface area (Å²) in [5.74, 6) is 2.22. The van der Waals surface area contributed by atoms with Gasteiger partial charge in [0, 0.05) is 30.8 Å². The molecule has 0 spiro atoms. The van der Waals surface area contributed by atoms with E-state index in [0.29, 0.717) is 18.1 Å². The summed E-state index contributed by atoms with van der Waals surface area (Å²) >= 11 is 0. The minimum atomic E-state index is 0.364. The zero-order valence-corrected chi connectivity index (χ0v) is 11.0. The summed E-state index contributed by atoms with van der Waals surface area (Å²) in [6.45, 7) is 6.24. The summed E-state index contributed by atoms with van der Waals surface area (Å²) in [4.78, 5) is 8.98. The molecule has 1 aliphatic carbocycles. The first kappa shape index (κ1) is 12.3. The first-order valence-corrected chi connectivity index (χ1v) is 6.23. The third kappa shape index (κ3) is 2.94. The fraction of sp³-hybridized carbons (Fsp3) is 0.692. The Morgan fingerprint density at radius 1 is 1.35 bits per heavy atom. The molecule has 0 aromatic carbocycles. The van der Waals surface area contributed by atoms with Crippen LogP contribution in [0.5, 0.6) is 0 Å². The molecule has 94 valence electrons. The standard InChI is InChI=1S/C13H21N3O/c1-8(2)13-14-9(3)5-12(16-13)15-10-6-11(7-10)17-4/h5,8,10-11H,6-7H2,1-4H3,(H,14,15,16). The normalized spacial score (nSPS) is 23.6. The fourth-order valence-electron chi connectivity index (χ4n) is 2.01. The van der Waals surface area contributed by atoms with Crippen LogP contribution in [0.15, 0.2) is 6.07 Å². The molecule has 17 heavy (non-hydrogen) atoms.